The second-order valence-electron chi connectivity index (χ2n) is 2.74. The minimum absolute atomic E-state index is 0.103. The van der Waals surface area contributed by atoms with E-state index in [0.29, 0.717) is 5.76 Å². The fourth-order valence-corrected chi connectivity index (χ4v) is 1.04. The predicted octanol–water partition coefficient (Wildman–Crippen LogP) is -0.990. The van der Waals surface area contributed by atoms with Crippen LogP contribution in [0.5, 0.6) is 0 Å². The van der Waals surface area contributed by atoms with E-state index in [1.807, 2.05) is 0 Å². The Labute approximate surface area is 78.8 Å². The molecule has 2 heterocycles. The summed E-state index contributed by atoms with van der Waals surface area (Å²) in [7, 11) is 0. The van der Waals surface area contributed by atoms with E-state index < -0.39 is 17.9 Å². The molecule has 1 aliphatic rings. The number of hydrogen-bond acceptors (Lipinski definition) is 4. The van der Waals surface area contributed by atoms with Crippen LogP contribution < -0.4 is 11.1 Å². The molecule has 0 aliphatic carbocycles. The topological polar surface area (TPSA) is 97.7 Å². The molecule has 72 valence electrons. The minimum atomic E-state index is -1.21. The molecule has 1 aliphatic heterocycles. The lowest BCUT2D eigenvalue weighted by Gasteiger charge is -2.14. The minimum Gasteiger partial charge on any atom is -0.461 e. The fourth-order valence-electron chi connectivity index (χ4n) is 1.04. The highest BCUT2D eigenvalue weighted by atomic mass is 16.3. The lowest BCUT2D eigenvalue weighted by molar-refractivity contribution is -0.129. The molecule has 0 fully saturated rings. The van der Waals surface area contributed by atoms with E-state index >= 15 is 0 Å². The Kier molecular flexibility index (Phi) is 1.90. The largest absolute Gasteiger partial charge is 0.461 e. The lowest BCUT2D eigenvalue weighted by atomic mass is 10.2. The Hall–Kier alpha value is -1.95. The highest BCUT2D eigenvalue weighted by Gasteiger charge is 2.29. The van der Waals surface area contributed by atoms with Gasteiger partial charge in [0.15, 0.2) is 17.6 Å². The van der Waals surface area contributed by atoms with Crippen LogP contribution in [0.4, 0.5) is 0 Å². The maximum atomic E-state index is 11.1. The zero-order chi connectivity index (χ0) is 10.1. The van der Waals surface area contributed by atoms with Crippen molar-refractivity contribution in [2.45, 2.75) is 6.04 Å². The summed E-state index contributed by atoms with van der Waals surface area (Å²) in [4.78, 5) is 25.8. The molecule has 6 nitrogen and oxygen atoms in total. The number of carbonyl (C=O) groups excluding carboxylic acids is 2. The van der Waals surface area contributed by atoms with Gasteiger partial charge in [-0.2, -0.15) is 4.99 Å². The van der Waals surface area contributed by atoms with Crippen molar-refractivity contribution in [1.82, 2.24) is 5.32 Å². The van der Waals surface area contributed by atoms with Crippen LogP contribution >= 0.6 is 0 Å². The van der Waals surface area contributed by atoms with Gasteiger partial charge in [-0.25, -0.2) is 0 Å². The standard InChI is InChI=1S/C8H7N3O3/c9-5-7(12)10-6(11-8(5)13)4-2-1-3-14-4/h1-3,5H,9H2,(H,10,11,12,13). The third-order valence-electron chi connectivity index (χ3n) is 1.77. The summed E-state index contributed by atoms with van der Waals surface area (Å²) in [5, 5.41) is 2.37. The van der Waals surface area contributed by atoms with Crippen LogP contribution in [-0.4, -0.2) is 23.7 Å². The van der Waals surface area contributed by atoms with Crippen LogP contribution in [-0.2, 0) is 9.59 Å². The Balaban J connectivity index is 2.35. The summed E-state index contributed by atoms with van der Waals surface area (Å²) in [6, 6.07) is 2.00. The van der Waals surface area contributed by atoms with E-state index in [-0.39, 0.29) is 5.84 Å². The fraction of sp³-hybridized carbons (Fsp3) is 0.125. The second kappa shape index (κ2) is 3.08. The molecule has 0 radical (unpaired) electrons. The highest BCUT2D eigenvalue weighted by Crippen LogP contribution is 2.04. The Morgan fingerprint density at radius 1 is 1.50 bits per heavy atom. The molecule has 0 saturated heterocycles. The lowest BCUT2D eigenvalue weighted by Crippen LogP contribution is -2.52. The predicted molar refractivity (Wildman–Crippen MR) is 46.4 cm³/mol. The van der Waals surface area contributed by atoms with Crippen molar-refractivity contribution in [3.8, 4) is 0 Å². The first-order valence-corrected chi connectivity index (χ1v) is 3.91. The van der Waals surface area contributed by atoms with Crippen LogP contribution in [0.25, 0.3) is 0 Å². The molecule has 0 bridgehead atoms. The van der Waals surface area contributed by atoms with Crippen LogP contribution in [0.2, 0.25) is 0 Å². The number of carbonyl (C=O) groups is 2. The van der Waals surface area contributed by atoms with Gasteiger partial charge in [0, 0.05) is 0 Å². The molecule has 1 atom stereocenters. The van der Waals surface area contributed by atoms with E-state index in [9.17, 15) is 9.59 Å². The number of furan rings is 1. The first kappa shape index (κ1) is 8.64. The quantitative estimate of drug-likeness (QED) is 0.559. The number of nitrogens with one attached hydrogen (secondary N) is 1. The van der Waals surface area contributed by atoms with Gasteiger partial charge in [0.2, 0.25) is 0 Å². The molecular formula is C8H7N3O3. The summed E-state index contributed by atoms with van der Waals surface area (Å²) >= 11 is 0. The van der Waals surface area contributed by atoms with Gasteiger partial charge in [-0.05, 0) is 12.1 Å². The van der Waals surface area contributed by atoms with Crippen molar-refractivity contribution in [3.63, 3.8) is 0 Å². The van der Waals surface area contributed by atoms with Crippen LogP contribution in [0.3, 0.4) is 0 Å². The molecular weight excluding hydrogens is 186 g/mol. The zero-order valence-corrected chi connectivity index (χ0v) is 7.06. The van der Waals surface area contributed by atoms with E-state index in [2.05, 4.69) is 10.3 Å². The van der Waals surface area contributed by atoms with Crippen molar-refractivity contribution in [3.05, 3.63) is 24.2 Å². The summed E-state index contributed by atoms with van der Waals surface area (Å²) < 4.78 is 4.97. The average molecular weight is 193 g/mol. The summed E-state index contributed by atoms with van der Waals surface area (Å²) in [5.41, 5.74) is 5.24. The molecule has 0 aromatic carbocycles. The Morgan fingerprint density at radius 3 is 2.86 bits per heavy atom. The van der Waals surface area contributed by atoms with Gasteiger partial charge >= 0.3 is 0 Å². The van der Waals surface area contributed by atoms with E-state index in [1.54, 1.807) is 12.1 Å². The summed E-state index contributed by atoms with van der Waals surface area (Å²) in [6.45, 7) is 0. The summed E-state index contributed by atoms with van der Waals surface area (Å²) in [5.74, 6) is -0.804. The van der Waals surface area contributed by atoms with E-state index in [4.69, 9.17) is 10.2 Å². The van der Waals surface area contributed by atoms with Crippen molar-refractivity contribution in [2.24, 2.45) is 10.7 Å². The van der Waals surface area contributed by atoms with Gasteiger partial charge in [0.1, 0.15) is 0 Å². The number of nitrogens with zero attached hydrogens (tertiary/aromatic N) is 1. The zero-order valence-electron chi connectivity index (χ0n) is 7.06. The molecule has 1 unspecified atom stereocenters. The van der Waals surface area contributed by atoms with Crippen molar-refractivity contribution in [1.29, 1.82) is 0 Å². The van der Waals surface area contributed by atoms with Crippen molar-refractivity contribution in [2.75, 3.05) is 0 Å². The molecule has 3 N–H and O–H groups in total. The molecule has 1 aromatic rings. The summed E-state index contributed by atoms with van der Waals surface area (Å²) in [6.07, 6.45) is 1.42. The first-order chi connectivity index (χ1) is 6.68. The maximum Gasteiger partial charge on any atom is 0.274 e. The molecule has 0 spiro atoms. The van der Waals surface area contributed by atoms with Gasteiger partial charge in [-0.3, -0.25) is 9.59 Å². The van der Waals surface area contributed by atoms with Crippen molar-refractivity contribution < 1.29 is 14.0 Å². The van der Waals surface area contributed by atoms with Crippen LogP contribution in [0.15, 0.2) is 27.8 Å². The molecule has 0 saturated carbocycles. The monoisotopic (exact) mass is 193 g/mol. The van der Waals surface area contributed by atoms with Crippen molar-refractivity contribution >= 4 is 17.6 Å². The molecule has 14 heavy (non-hydrogen) atoms. The number of nitrogens with two attached hydrogens (primary N) is 1. The number of aliphatic imine (C=N–C) groups is 1. The average Bonchev–Trinajstić information content (AvgIpc) is 2.66. The van der Waals surface area contributed by atoms with Gasteiger partial charge in [0.05, 0.1) is 6.26 Å². The van der Waals surface area contributed by atoms with Crippen LogP contribution in [0, 0.1) is 0 Å². The number of rotatable bonds is 1. The van der Waals surface area contributed by atoms with Gasteiger partial charge < -0.3 is 15.5 Å². The first-order valence-electron chi connectivity index (χ1n) is 3.91. The number of hydrogen-bond donors (Lipinski definition) is 2. The van der Waals surface area contributed by atoms with Crippen LogP contribution in [0.1, 0.15) is 5.76 Å². The second-order valence-corrected chi connectivity index (χ2v) is 2.74. The third kappa shape index (κ3) is 1.31. The van der Waals surface area contributed by atoms with E-state index in [1.165, 1.54) is 6.26 Å². The Morgan fingerprint density at radius 2 is 2.29 bits per heavy atom. The molecule has 1 aromatic heterocycles. The number of amides is 2. The highest BCUT2D eigenvalue weighted by molar-refractivity contribution is 6.21. The molecule has 2 amide bonds. The third-order valence-corrected chi connectivity index (χ3v) is 1.77. The Bertz CT molecular complexity index is 407. The smallest absolute Gasteiger partial charge is 0.274 e. The van der Waals surface area contributed by atoms with Gasteiger partial charge in [-0.1, -0.05) is 0 Å². The van der Waals surface area contributed by atoms with E-state index in [0.717, 1.165) is 0 Å². The SMILES string of the molecule is NC1C(=O)N=C(c2ccco2)NC1=O. The molecule has 6 heteroatoms. The number of amidine groups is 1. The van der Waals surface area contributed by atoms with Gasteiger partial charge in [-0.15, -0.1) is 0 Å². The maximum absolute atomic E-state index is 11.1. The normalized spacial score (nSPS) is 21.8. The molecule has 2 rings (SSSR count). The van der Waals surface area contributed by atoms with Gasteiger partial charge in [0.25, 0.3) is 11.8 Å².